The molecule has 0 aliphatic carbocycles. The third-order valence-electron chi connectivity index (χ3n) is 1.77. The van der Waals surface area contributed by atoms with Crippen LogP contribution in [-0.2, 0) is 6.18 Å². The van der Waals surface area contributed by atoms with Crippen molar-refractivity contribution in [2.75, 3.05) is 5.88 Å². The van der Waals surface area contributed by atoms with Crippen LogP contribution in [0, 0.1) is 5.82 Å². The monoisotopic (exact) mass is 318 g/mol. The summed E-state index contributed by atoms with van der Waals surface area (Å²) in [4.78, 5) is 11.1. The van der Waals surface area contributed by atoms with E-state index in [1.165, 1.54) is 0 Å². The van der Waals surface area contributed by atoms with Gasteiger partial charge in [0.1, 0.15) is 5.82 Å². The Hall–Kier alpha value is -0.620. The maximum absolute atomic E-state index is 13.3. The zero-order valence-electron chi connectivity index (χ0n) is 7.54. The average molecular weight is 319 g/mol. The second kappa shape index (κ2) is 4.71. The van der Waals surface area contributed by atoms with Gasteiger partial charge in [0.15, 0.2) is 5.78 Å². The highest BCUT2D eigenvalue weighted by Gasteiger charge is 2.32. The smallest absolute Gasteiger partial charge is 0.293 e. The van der Waals surface area contributed by atoms with Gasteiger partial charge in [-0.1, -0.05) is 0 Å². The van der Waals surface area contributed by atoms with Gasteiger partial charge in [-0.05, 0) is 28.1 Å². The van der Waals surface area contributed by atoms with Gasteiger partial charge in [0.25, 0.3) is 0 Å². The lowest BCUT2D eigenvalue weighted by molar-refractivity contribution is -0.137. The van der Waals surface area contributed by atoms with Crippen LogP contribution in [-0.4, -0.2) is 11.7 Å². The molecule has 0 radical (unpaired) electrons. The third kappa shape index (κ3) is 2.74. The fourth-order valence-electron chi connectivity index (χ4n) is 1.07. The fraction of sp³-hybridized carbons (Fsp3) is 0.222. The first-order valence-corrected chi connectivity index (χ1v) is 5.25. The first kappa shape index (κ1) is 13.4. The Balaban J connectivity index is 3.34. The number of benzene rings is 1. The number of carbonyl (C=O) groups is 1. The molecule has 0 unspecified atom stereocenters. The van der Waals surface area contributed by atoms with Crippen LogP contribution in [0.2, 0.25) is 0 Å². The van der Waals surface area contributed by atoms with E-state index >= 15 is 0 Å². The maximum Gasteiger partial charge on any atom is 0.416 e. The van der Waals surface area contributed by atoms with Crippen LogP contribution in [0.3, 0.4) is 0 Å². The van der Waals surface area contributed by atoms with Crippen molar-refractivity contribution in [2.45, 2.75) is 6.18 Å². The number of hydrogen-bond acceptors (Lipinski definition) is 1. The number of Topliss-reactive ketones (excluding diaryl/α,β-unsaturated/α-hetero) is 1. The van der Waals surface area contributed by atoms with Gasteiger partial charge < -0.3 is 0 Å². The Bertz CT molecular complexity index is 407. The minimum absolute atomic E-state index is 0.259. The first-order valence-electron chi connectivity index (χ1n) is 3.92. The minimum atomic E-state index is -4.66. The van der Waals surface area contributed by atoms with E-state index in [0.29, 0.717) is 6.07 Å². The number of halogens is 6. The lowest BCUT2D eigenvalue weighted by atomic mass is 10.1. The molecule has 7 heteroatoms. The maximum atomic E-state index is 13.3. The van der Waals surface area contributed by atoms with Crippen LogP contribution < -0.4 is 0 Å². The van der Waals surface area contributed by atoms with Gasteiger partial charge in [0.05, 0.1) is 17.0 Å². The number of rotatable bonds is 2. The molecule has 0 bridgehead atoms. The van der Waals surface area contributed by atoms with Crippen LogP contribution in [0.15, 0.2) is 16.6 Å². The van der Waals surface area contributed by atoms with E-state index in [2.05, 4.69) is 15.9 Å². The topological polar surface area (TPSA) is 17.1 Å². The van der Waals surface area contributed by atoms with E-state index in [-0.39, 0.29) is 10.5 Å². The Morgan fingerprint density at radius 3 is 2.31 bits per heavy atom. The largest absolute Gasteiger partial charge is 0.416 e. The zero-order valence-corrected chi connectivity index (χ0v) is 9.88. The van der Waals surface area contributed by atoms with Crippen molar-refractivity contribution in [1.82, 2.24) is 0 Å². The first-order chi connectivity index (χ1) is 7.27. The molecule has 0 saturated heterocycles. The van der Waals surface area contributed by atoms with Crippen molar-refractivity contribution >= 4 is 33.3 Å². The van der Waals surface area contributed by atoms with E-state index in [9.17, 15) is 22.4 Å². The normalized spacial score (nSPS) is 11.6. The molecule has 88 valence electrons. The number of carbonyl (C=O) groups excluding carboxylic acids is 1. The SMILES string of the molecule is O=C(CCl)c1c(F)cc(C(F)(F)F)cc1Br. The van der Waals surface area contributed by atoms with Gasteiger partial charge in [-0.15, -0.1) is 11.6 Å². The summed E-state index contributed by atoms with van der Waals surface area (Å²) in [5.41, 5.74) is -1.63. The van der Waals surface area contributed by atoms with Crippen molar-refractivity contribution in [2.24, 2.45) is 0 Å². The van der Waals surface area contributed by atoms with E-state index < -0.39 is 34.8 Å². The molecule has 0 aliphatic rings. The van der Waals surface area contributed by atoms with Crippen molar-refractivity contribution in [3.8, 4) is 0 Å². The fourth-order valence-corrected chi connectivity index (χ4v) is 1.86. The molecule has 0 heterocycles. The number of hydrogen-bond donors (Lipinski definition) is 0. The van der Waals surface area contributed by atoms with Gasteiger partial charge in [-0.2, -0.15) is 13.2 Å². The summed E-state index contributed by atoms with van der Waals surface area (Å²) in [6.07, 6.45) is -4.66. The van der Waals surface area contributed by atoms with E-state index in [0.717, 1.165) is 0 Å². The van der Waals surface area contributed by atoms with Gasteiger partial charge >= 0.3 is 6.18 Å². The van der Waals surface area contributed by atoms with Crippen LogP contribution in [0.25, 0.3) is 0 Å². The molecule has 0 spiro atoms. The molecule has 1 aromatic carbocycles. The summed E-state index contributed by atoms with van der Waals surface area (Å²) >= 11 is 7.91. The predicted octanol–water partition coefficient (Wildman–Crippen LogP) is 4.03. The molecule has 0 amide bonds. The number of ketones is 1. The van der Waals surface area contributed by atoms with Crippen LogP contribution in [0.4, 0.5) is 17.6 Å². The third-order valence-corrected chi connectivity index (χ3v) is 2.64. The molecule has 16 heavy (non-hydrogen) atoms. The Kier molecular flexibility index (Phi) is 3.96. The van der Waals surface area contributed by atoms with Gasteiger partial charge in [0, 0.05) is 4.47 Å². The Labute approximate surface area is 102 Å². The standard InChI is InChI=1S/C9H4BrClF4O/c10-5-1-4(9(13,14)15)2-6(12)8(5)7(16)3-11/h1-2H,3H2. The van der Waals surface area contributed by atoms with Crippen molar-refractivity contribution in [3.05, 3.63) is 33.5 Å². The zero-order chi connectivity index (χ0) is 12.5. The molecule has 1 nitrogen and oxygen atoms in total. The lowest BCUT2D eigenvalue weighted by Gasteiger charge is -2.10. The molecular formula is C9H4BrClF4O. The lowest BCUT2D eigenvalue weighted by Crippen LogP contribution is -2.10. The molecule has 1 aromatic rings. The van der Waals surface area contributed by atoms with E-state index in [1.54, 1.807) is 0 Å². The summed E-state index contributed by atoms with van der Waals surface area (Å²) in [5.74, 6) is -2.52. The van der Waals surface area contributed by atoms with E-state index in [4.69, 9.17) is 11.6 Å². The highest BCUT2D eigenvalue weighted by atomic mass is 79.9. The molecule has 0 atom stereocenters. The molecule has 1 rings (SSSR count). The molecular weight excluding hydrogens is 315 g/mol. The second-order valence-electron chi connectivity index (χ2n) is 2.87. The van der Waals surface area contributed by atoms with Crippen molar-refractivity contribution < 1.29 is 22.4 Å². The van der Waals surface area contributed by atoms with Crippen LogP contribution in [0.1, 0.15) is 15.9 Å². The highest BCUT2D eigenvalue weighted by Crippen LogP contribution is 2.33. The molecule has 0 aromatic heterocycles. The molecule has 0 N–H and O–H groups in total. The van der Waals surface area contributed by atoms with Crippen molar-refractivity contribution in [1.29, 1.82) is 0 Å². The summed E-state index contributed by atoms with van der Waals surface area (Å²) in [7, 11) is 0. The summed E-state index contributed by atoms with van der Waals surface area (Å²) in [5, 5.41) is 0. The highest BCUT2D eigenvalue weighted by molar-refractivity contribution is 9.10. The van der Waals surface area contributed by atoms with Gasteiger partial charge in [-0.3, -0.25) is 4.79 Å². The van der Waals surface area contributed by atoms with Crippen LogP contribution >= 0.6 is 27.5 Å². The quantitative estimate of drug-likeness (QED) is 0.457. The summed E-state index contributed by atoms with van der Waals surface area (Å²) in [6.45, 7) is 0. The molecule has 0 fully saturated rings. The van der Waals surface area contributed by atoms with Gasteiger partial charge in [-0.25, -0.2) is 4.39 Å². The minimum Gasteiger partial charge on any atom is -0.293 e. The van der Waals surface area contributed by atoms with Crippen LogP contribution in [0.5, 0.6) is 0 Å². The number of alkyl halides is 4. The van der Waals surface area contributed by atoms with E-state index in [1.807, 2.05) is 0 Å². The summed E-state index contributed by atoms with van der Waals surface area (Å²) in [6, 6.07) is 0.910. The Morgan fingerprint density at radius 1 is 1.38 bits per heavy atom. The molecule has 0 saturated carbocycles. The second-order valence-corrected chi connectivity index (χ2v) is 3.99. The Morgan fingerprint density at radius 2 is 1.94 bits per heavy atom. The van der Waals surface area contributed by atoms with Gasteiger partial charge in [0.2, 0.25) is 0 Å². The average Bonchev–Trinajstić information content (AvgIpc) is 2.14. The molecule has 0 aliphatic heterocycles. The van der Waals surface area contributed by atoms with Crippen molar-refractivity contribution in [3.63, 3.8) is 0 Å². The summed E-state index contributed by atoms with van der Waals surface area (Å²) < 4.78 is 49.8. The predicted molar refractivity (Wildman–Crippen MR) is 54.2 cm³/mol.